The highest BCUT2D eigenvalue weighted by Gasteiger charge is 2.48. The topological polar surface area (TPSA) is 86.0 Å². The number of methoxy groups -OCH3 is 1. The lowest BCUT2D eigenvalue weighted by molar-refractivity contribution is -0.00992. The minimum atomic E-state index is -2.79. The Morgan fingerprint density at radius 2 is 2.14 bits per heavy atom. The normalized spacial score (nSPS) is 20.7. The highest BCUT2D eigenvalue weighted by Crippen LogP contribution is 2.45. The molecule has 0 aliphatic heterocycles. The molecule has 1 saturated carbocycles. The van der Waals surface area contributed by atoms with Gasteiger partial charge >= 0.3 is 0 Å². The van der Waals surface area contributed by atoms with Gasteiger partial charge in [-0.1, -0.05) is 6.58 Å². The Bertz CT molecular complexity index is 1020. The average Bonchev–Trinajstić information content (AvgIpc) is 3.35. The van der Waals surface area contributed by atoms with Crippen molar-refractivity contribution >= 4 is 5.57 Å². The molecule has 0 unspecified atom stereocenters. The van der Waals surface area contributed by atoms with E-state index < -0.39 is 17.9 Å². The van der Waals surface area contributed by atoms with Crippen molar-refractivity contribution in [3.05, 3.63) is 55.4 Å². The fourth-order valence-corrected chi connectivity index (χ4v) is 3.59. The molecule has 4 rings (SSSR count). The Hall–Kier alpha value is -3.20. The molecule has 7 nitrogen and oxygen atoms in total. The number of alkyl halides is 2. The van der Waals surface area contributed by atoms with E-state index in [2.05, 4.69) is 26.7 Å². The van der Waals surface area contributed by atoms with Crippen molar-refractivity contribution in [2.45, 2.75) is 24.9 Å². The molecular formula is C20H19F2N5O2. The van der Waals surface area contributed by atoms with Crippen LogP contribution in [-0.2, 0) is 4.74 Å². The number of imidazole rings is 1. The standard InChI is InChI=1S/C20H19F2N5O2/c1-12(15-8-20(21,22)9-18(15)29-2)16-10-24-19(26-25-16)14-4-3-13(7-17(14)28)27-6-5-23-11-27/h3-7,10-11,15,18,28H,1,8-9H2,2H3/t15-,18+/m1/s1. The minimum Gasteiger partial charge on any atom is -0.507 e. The van der Waals surface area contributed by atoms with Crippen LogP contribution in [0, 0.1) is 5.92 Å². The van der Waals surface area contributed by atoms with Gasteiger partial charge in [-0.15, -0.1) is 10.2 Å². The third-order valence-electron chi connectivity index (χ3n) is 5.13. The Labute approximate surface area is 165 Å². The van der Waals surface area contributed by atoms with Crippen LogP contribution in [0.25, 0.3) is 22.6 Å². The van der Waals surface area contributed by atoms with Gasteiger partial charge in [-0.05, 0) is 17.7 Å². The van der Waals surface area contributed by atoms with Gasteiger partial charge in [-0.3, -0.25) is 0 Å². The number of aromatic nitrogens is 5. The lowest BCUT2D eigenvalue weighted by Gasteiger charge is -2.18. The number of nitrogens with zero attached hydrogens (tertiary/aromatic N) is 5. The Kier molecular flexibility index (Phi) is 4.83. The van der Waals surface area contributed by atoms with E-state index >= 15 is 0 Å². The van der Waals surface area contributed by atoms with E-state index in [0.717, 1.165) is 5.69 Å². The van der Waals surface area contributed by atoms with Crippen molar-refractivity contribution in [2.24, 2.45) is 5.92 Å². The molecule has 29 heavy (non-hydrogen) atoms. The van der Waals surface area contributed by atoms with Crippen molar-refractivity contribution in [3.8, 4) is 22.8 Å². The minimum absolute atomic E-state index is 0.0144. The second-order valence-electron chi connectivity index (χ2n) is 7.01. The van der Waals surface area contributed by atoms with Gasteiger partial charge in [0.15, 0.2) is 5.82 Å². The summed E-state index contributed by atoms with van der Waals surface area (Å²) in [6.07, 6.45) is 5.13. The summed E-state index contributed by atoms with van der Waals surface area (Å²) in [5.41, 5.74) is 1.88. The summed E-state index contributed by atoms with van der Waals surface area (Å²) < 4.78 is 34.5. The van der Waals surface area contributed by atoms with Crippen LogP contribution in [0.1, 0.15) is 18.5 Å². The fourth-order valence-electron chi connectivity index (χ4n) is 3.59. The molecular weight excluding hydrogens is 380 g/mol. The van der Waals surface area contributed by atoms with Crippen LogP contribution < -0.4 is 0 Å². The summed E-state index contributed by atoms with van der Waals surface area (Å²) in [7, 11) is 1.41. The van der Waals surface area contributed by atoms with Crippen LogP contribution in [0.4, 0.5) is 8.78 Å². The van der Waals surface area contributed by atoms with E-state index in [1.54, 1.807) is 41.5 Å². The summed E-state index contributed by atoms with van der Waals surface area (Å²) in [6, 6.07) is 5.03. The summed E-state index contributed by atoms with van der Waals surface area (Å²) >= 11 is 0. The van der Waals surface area contributed by atoms with Crippen LogP contribution in [0.5, 0.6) is 5.75 Å². The fraction of sp³-hybridized carbons (Fsp3) is 0.300. The molecule has 3 aromatic rings. The lowest BCUT2D eigenvalue weighted by Crippen LogP contribution is -2.18. The first-order valence-electron chi connectivity index (χ1n) is 8.99. The molecule has 1 aromatic carbocycles. The molecule has 2 atom stereocenters. The Morgan fingerprint density at radius 1 is 1.31 bits per heavy atom. The third-order valence-corrected chi connectivity index (χ3v) is 5.13. The molecule has 0 spiro atoms. The molecule has 150 valence electrons. The van der Waals surface area contributed by atoms with Crippen molar-refractivity contribution in [1.82, 2.24) is 24.7 Å². The molecule has 0 saturated heterocycles. The smallest absolute Gasteiger partial charge is 0.251 e. The van der Waals surface area contributed by atoms with Crippen LogP contribution in [-0.4, -0.2) is 49.0 Å². The monoisotopic (exact) mass is 399 g/mol. The van der Waals surface area contributed by atoms with E-state index in [4.69, 9.17) is 4.74 Å². The molecule has 0 amide bonds. The number of ether oxygens (including phenoxy) is 1. The zero-order valence-corrected chi connectivity index (χ0v) is 15.7. The maximum atomic E-state index is 13.8. The van der Waals surface area contributed by atoms with Crippen LogP contribution in [0.3, 0.4) is 0 Å². The maximum Gasteiger partial charge on any atom is 0.251 e. The molecule has 1 N–H and O–H groups in total. The van der Waals surface area contributed by atoms with Gasteiger partial charge < -0.3 is 14.4 Å². The quantitative estimate of drug-likeness (QED) is 0.707. The number of hydrogen-bond acceptors (Lipinski definition) is 6. The molecule has 9 heteroatoms. The number of rotatable bonds is 5. The van der Waals surface area contributed by atoms with Crippen molar-refractivity contribution in [1.29, 1.82) is 0 Å². The summed E-state index contributed by atoms with van der Waals surface area (Å²) in [6.45, 7) is 3.92. The molecule has 2 aromatic heterocycles. The number of phenolic OH excluding ortho intramolecular Hbond substituents is 1. The number of halogens is 2. The number of aromatic hydroxyl groups is 1. The first-order valence-corrected chi connectivity index (χ1v) is 8.99. The highest BCUT2D eigenvalue weighted by atomic mass is 19.3. The number of phenols is 1. The van der Waals surface area contributed by atoms with Gasteiger partial charge in [-0.25, -0.2) is 18.7 Å². The molecule has 2 heterocycles. The molecule has 1 aliphatic rings. The Balaban J connectivity index is 1.56. The van der Waals surface area contributed by atoms with Crippen LogP contribution in [0.2, 0.25) is 0 Å². The third kappa shape index (κ3) is 3.73. The van der Waals surface area contributed by atoms with Gasteiger partial charge in [0, 0.05) is 44.3 Å². The Morgan fingerprint density at radius 3 is 2.76 bits per heavy atom. The molecule has 1 fully saturated rings. The number of hydrogen-bond donors (Lipinski definition) is 1. The van der Waals surface area contributed by atoms with Crippen molar-refractivity contribution in [3.63, 3.8) is 0 Å². The first-order chi connectivity index (χ1) is 13.9. The molecule has 0 radical (unpaired) electrons. The van der Waals surface area contributed by atoms with E-state index in [1.807, 2.05) is 0 Å². The van der Waals surface area contributed by atoms with Gasteiger partial charge in [0.25, 0.3) is 5.92 Å². The first kappa shape index (κ1) is 19.1. The zero-order valence-electron chi connectivity index (χ0n) is 15.7. The van der Waals surface area contributed by atoms with Crippen molar-refractivity contribution < 1.29 is 18.6 Å². The highest BCUT2D eigenvalue weighted by molar-refractivity contribution is 5.67. The predicted octanol–water partition coefficient (Wildman–Crippen LogP) is 3.50. The number of benzene rings is 1. The van der Waals surface area contributed by atoms with E-state index in [-0.39, 0.29) is 24.4 Å². The predicted molar refractivity (Wildman–Crippen MR) is 102 cm³/mol. The summed E-state index contributed by atoms with van der Waals surface area (Å²) in [5.74, 6) is -3.15. The SMILES string of the molecule is C=C(c1cnc(-c2ccc(-n3ccnc3)cc2O)nn1)[C@H]1CC(F)(F)C[C@@H]1OC. The summed E-state index contributed by atoms with van der Waals surface area (Å²) in [5, 5.41) is 18.5. The molecule has 0 bridgehead atoms. The second kappa shape index (κ2) is 7.32. The van der Waals surface area contributed by atoms with Gasteiger partial charge in [0.05, 0.1) is 29.9 Å². The van der Waals surface area contributed by atoms with Gasteiger partial charge in [0.1, 0.15) is 11.4 Å². The largest absolute Gasteiger partial charge is 0.507 e. The lowest BCUT2D eigenvalue weighted by atomic mass is 9.94. The van der Waals surface area contributed by atoms with Gasteiger partial charge in [-0.2, -0.15) is 0 Å². The molecule has 1 aliphatic carbocycles. The van der Waals surface area contributed by atoms with Crippen LogP contribution in [0.15, 0.2) is 49.7 Å². The van der Waals surface area contributed by atoms with E-state index in [1.165, 1.54) is 13.3 Å². The van der Waals surface area contributed by atoms with E-state index in [9.17, 15) is 13.9 Å². The van der Waals surface area contributed by atoms with Gasteiger partial charge in [0.2, 0.25) is 0 Å². The summed E-state index contributed by atoms with van der Waals surface area (Å²) in [4.78, 5) is 8.21. The van der Waals surface area contributed by atoms with Crippen molar-refractivity contribution in [2.75, 3.05) is 7.11 Å². The second-order valence-corrected chi connectivity index (χ2v) is 7.01. The average molecular weight is 399 g/mol. The van der Waals surface area contributed by atoms with E-state index in [0.29, 0.717) is 16.8 Å². The maximum absolute atomic E-state index is 13.8. The zero-order chi connectivity index (χ0) is 20.6. The van der Waals surface area contributed by atoms with Crippen LogP contribution >= 0.6 is 0 Å².